The molecular formula is C26H23NO4. The largest absolute Gasteiger partial charge is 0.481 e. The van der Waals surface area contributed by atoms with Crippen LogP contribution in [-0.4, -0.2) is 35.2 Å². The number of aliphatic carboxylic acids is 1. The molecule has 156 valence electrons. The van der Waals surface area contributed by atoms with Gasteiger partial charge in [-0.1, -0.05) is 78.9 Å². The number of carbonyl (C=O) groups excluding carboxylic acids is 1. The van der Waals surface area contributed by atoms with E-state index in [1.807, 2.05) is 54.6 Å². The number of hydrogen-bond donors (Lipinski definition) is 1. The standard InChI is InChI=1S/C26H23NO4/c28-25(29)22-14-15-27(24(22)17-8-2-1-3-9-17)26(30)31-16-23-20-12-6-4-10-18(20)19-11-5-7-13-21(19)23/h1-13,22-24H,14-16H2,(H,28,29). The second kappa shape index (κ2) is 7.91. The van der Waals surface area contributed by atoms with Gasteiger partial charge in [0.1, 0.15) is 6.61 Å². The van der Waals surface area contributed by atoms with E-state index in [1.54, 1.807) is 4.90 Å². The number of rotatable bonds is 4. The van der Waals surface area contributed by atoms with Crippen LogP contribution in [0.4, 0.5) is 4.79 Å². The van der Waals surface area contributed by atoms with Crippen LogP contribution in [0, 0.1) is 5.92 Å². The summed E-state index contributed by atoms with van der Waals surface area (Å²) in [5.74, 6) is -1.55. The molecule has 1 saturated heterocycles. The zero-order valence-electron chi connectivity index (χ0n) is 17.0. The SMILES string of the molecule is O=C(O)C1CCN(C(=O)OCC2c3ccccc3-c3ccccc32)C1c1ccccc1. The first kappa shape index (κ1) is 19.4. The van der Waals surface area contributed by atoms with Gasteiger partial charge in [-0.25, -0.2) is 4.79 Å². The molecule has 2 unspecified atom stereocenters. The Labute approximate surface area is 180 Å². The van der Waals surface area contributed by atoms with Gasteiger partial charge in [-0.2, -0.15) is 0 Å². The van der Waals surface area contributed by atoms with Crippen molar-refractivity contribution in [2.45, 2.75) is 18.4 Å². The summed E-state index contributed by atoms with van der Waals surface area (Å²) in [6.07, 6.45) is -0.0431. The van der Waals surface area contributed by atoms with Crippen molar-refractivity contribution in [3.05, 3.63) is 95.6 Å². The minimum Gasteiger partial charge on any atom is -0.481 e. The predicted octanol–water partition coefficient (Wildman–Crippen LogP) is 5.08. The van der Waals surface area contributed by atoms with Gasteiger partial charge in [-0.05, 0) is 34.2 Å². The van der Waals surface area contributed by atoms with E-state index in [0.717, 1.165) is 16.7 Å². The molecule has 0 aromatic heterocycles. The van der Waals surface area contributed by atoms with Crippen molar-refractivity contribution in [2.24, 2.45) is 5.92 Å². The van der Waals surface area contributed by atoms with Crippen LogP contribution in [0.25, 0.3) is 11.1 Å². The van der Waals surface area contributed by atoms with Crippen molar-refractivity contribution in [2.75, 3.05) is 13.2 Å². The van der Waals surface area contributed by atoms with Gasteiger partial charge >= 0.3 is 12.1 Å². The monoisotopic (exact) mass is 413 g/mol. The quantitative estimate of drug-likeness (QED) is 0.647. The summed E-state index contributed by atoms with van der Waals surface area (Å²) in [6, 6.07) is 25.2. The van der Waals surface area contributed by atoms with E-state index in [-0.39, 0.29) is 12.5 Å². The molecule has 0 bridgehead atoms. The van der Waals surface area contributed by atoms with E-state index >= 15 is 0 Å². The van der Waals surface area contributed by atoms with Crippen LogP contribution in [0.2, 0.25) is 0 Å². The molecule has 1 aliphatic carbocycles. The Morgan fingerprint density at radius 3 is 2.06 bits per heavy atom. The Kier molecular flexibility index (Phi) is 4.94. The number of fused-ring (bicyclic) bond motifs is 3. The Balaban J connectivity index is 1.38. The second-order valence-electron chi connectivity index (χ2n) is 8.09. The van der Waals surface area contributed by atoms with Crippen LogP contribution in [0.15, 0.2) is 78.9 Å². The summed E-state index contributed by atoms with van der Waals surface area (Å²) in [5, 5.41) is 9.69. The van der Waals surface area contributed by atoms with Gasteiger partial charge < -0.3 is 14.7 Å². The number of nitrogens with zero attached hydrogens (tertiary/aromatic N) is 1. The smallest absolute Gasteiger partial charge is 0.410 e. The molecule has 0 radical (unpaired) electrons. The molecule has 2 atom stereocenters. The van der Waals surface area contributed by atoms with E-state index in [4.69, 9.17) is 4.74 Å². The van der Waals surface area contributed by atoms with Gasteiger partial charge in [0, 0.05) is 12.5 Å². The van der Waals surface area contributed by atoms with E-state index in [9.17, 15) is 14.7 Å². The van der Waals surface area contributed by atoms with Crippen LogP contribution >= 0.6 is 0 Å². The number of hydrogen-bond acceptors (Lipinski definition) is 3. The molecule has 31 heavy (non-hydrogen) atoms. The number of likely N-dealkylation sites (tertiary alicyclic amines) is 1. The van der Waals surface area contributed by atoms with Gasteiger partial charge in [-0.15, -0.1) is 0 Å². The van der Waals surface area contributed by atoms with Crippen LogP contribution in [-0.2, 0) is 9.53 Å². The maximum atomic E-state index is 13.1. The van der Waals surface area contributed by atoms with Gasteiger partial charge in [0.15, 0.2) is 0 Å². The first-order valence-electron chi connectivity index (χ1n) is 10.5. The van der Waals surface area contributed by atoms with Crippen molar-refractivity contribution in [3.63, 3.8) is 0 Å². The summed E-state index contributed by atoms with van der Waals surface area (Å²) >= 11 is 0. The molecule has 1 N–H and O–H groups in total. The molecule has 3 aromatic rings. The van der Waals surface area contributed by atoms with Gasteiger partial charge in [-0.3, -0.25) is 4.79 Å². The zero-order chi connectivity index (χ0) is 21.4. The summed E-state index contributed by atoms with van der Waals surface area (Å²) in [5.41, 5.74) is 5.48. The minimum atomic E-state index is -0.886. The molecule has 2 aliphatic rings. The Morgan fingerprint density at radius 1 is 0.871 bits per heavy atom. The number of carboxylic acids is 1. The Morgan fingerprint density at radius 2 is 1.45 bits per heavy atom. The van der Waals surface area contributed by atoms with Gasteiger partial charge in [0.2, 0.25) is 0 Å². The molecule has 1 heterocycles. The lowest BCUT2D eigenvalue weighted by molar-refractivity contribution is -0.142. The fraction of sp³-hybridized carbons (Fsp3) is 0.231. The highest BCUT2D eigenvalue weighted by Gasteiger charge is 2.43. The number of ether oxygens (including phenoxy) is 1. The first-order chi connectivity index (χ1) is 15.1. The van der Waals surface area contributed by atoms with Crippen molar-refractivity contribution < 1.29 is 19.4 Å². The van der Waals surface area contributed by atoms with Crippen molar-refractivity contribution in [1.29, 1.82) is 0 Å². The average Bonchev–Trinajstić information content (AvgIpc) is 3.38. The number of benzene rings is 3. The highest BCUT2D eigenvalue weighted by Crippen LogP contribution is 2.45. The van der Waals surface area contributed by atoms with Crippen LogP contribution in [0.5, 0.6) is 0 Å². The van der Waals surface area contributed by atoms with Gasteiger partial charge in [0.05, 0.1) is 12.0 Å². The van der Waals surface area contributed by atoms with Crippen molar-refractivity contribution in [1.82, 2.24) is 4.90 Å². The molecule has 5 nitrogen and oxygen atoms in total. The average molecular weight is 413 g/mol. The number of amides is 1. The van der Waals surface area contributed by atoms with Gasteiger partial charge in [0.25, 0.3) is 0 Å². The fourth-order valence-electron chi connectivity index (χ4n) is 5.00. The third-order valence-electron chi connectivity index (χ3n) is 6.43. The Hall–Kier alpha value is -3.60. The lowest BCUT2D eigenvalue weighted by Crippen LogP contribution is -2.34. The normalized spacial score (nSPS) is 19.7. The Bertz CT molecular complexity index is 1080. The topological polar surface area (TPSA) is 66.8 Å². The minimum absolute atomic E-state index is 0.0237. The highest BCUT2D eigenvalue weighted by atomic mass is 16.6. The molecule has 1 aliphatic heterocycles. The summed E-state index contributed by atoms with van der Waals surface area (Å²) in [7, 11) is 0. The zero-order valence-corrected chi connectivity index (χ0v) is 17.0. The van der Waals surface area contributed by atoms with E-state index < -0.39 is 24.0 Å². The second-order valence-corrected chi connectivity index (χ2v) is 8.09. The maximum Gasteiger partial charge on any atom is 0.410 e. The van der Waals surface area contributed by atoms with E-state index in [0.29, 0.717) is 13.0 Å². The van der Waals surface area contributed by atoms with Crippen molar-refractivity contribution in [3.8, 4) is 11.1 Å². The van der Waals surface area contributed by atoms with E-state index in [2.05, 4.69) is 24.3 Å². The molecule has 0 saturated carbocycles. The third-order valence-corrected chi connectivity index (χ3v) is 6.43. The maximum absolute atomic E-state index is 13.1. The van der Waals surface area contributed by atoms with Crippen LogP contribution < -0.4 is 0 Å². The molecule has 1 amide bonds. The van der Waals surface area contributed by atoms with Crippen LogP contribution in [0.3, 0.4) is 0 Å². The summed E-state index contributed by atoms with van der Waals surface area (Å²) in [4.78, 5) is 26.5. The van der Waals surface area contributed by atoms with E-state index in [1.165, 1.54) is 11.1 Å². The molecule has 3 aromatic carbocycles. The number of carbonyl (C=O) groups is 2. The fourth-order valence-corrected chi connectivity index (χ4v) is 5.00. The molecule has 1 fully saturated rings. The first-order valence-corrected chi connectivity index (χ1v) is 10.5. The lowest BCUT2D eigenvalue weighted by Gasteiger charge is -2.27. The summed E-state index contributed by atoms with van der Waals surface area (Å²) in [6.45, 7) is 0.593. The molecule has 5 rings (SSSR count). The summed E-state index contributed by atoms with van der Waals surface area (Å²) < 4.78 is 5.80. The van der Waals surface area contributed by atoms with Crippen LogP contribution in [0.1, 0.15) is 35.1 Å². The highest BCUT2D eigenvalue weighted by molar-refractivity contribution is 5.79. The molecule has 5 heteroatoms. The predicted molar refractivity (Wildman–Crippen MR) is 117 cm³/mol. The third kappa shape index (κ3) is 3.36. The number of carboxylic acid groups (broad SMARTS) is 1. The van der Waals surface area contributed by atoms with Crippen molar-refractivity contribution >= 4 is 12.1 Å². The molecule has 0 spiro atoms. The lowest BCUT2D eigenvalue weighted by atomic mass is 9.94. The molecular weight excluding hydrogens is 390 g/mol.